The lowest BCUT2D eigenvalue weighted by Crippen LogP contribution is -2.36. The standard InChI is InChI=1S/C23H25N3O3/c1-3-14-24-22(27)17(2)29-23(28)20-16-26(15-18-10-6-4-7-11-18)25-21(20)19-12-8-5-9-13-19/h4-13,16-17H,3,14-15H2,1-2H3,(H,24,27)/t17-/m1/s1. The third-order valence-corrected chi connectivity index (χ3v) is 4.42. The van der Waals surface area contributed by atoms with E-state index in [1.807, 2.05) is 67.6 Å². The molecule has 2 aromatic carbocycles. The van der Waals surface area contributed by atoms with Crippen molar-refractivity contribution >= 4 is 11.9 Å². The highest BCUT2D eigenvalue weighted by atomic mass is 16.5. The summed E-state index contributed by atoms with van der Waals surface area (Å²) in [5, 5.41) is 7.35. The first-order chi connectivity index (χ1) is 14.1. The molecule has 0 saturated carbocycles. The van der Waals surface area contributed by atoms with E-state index in [4.69, 9.17) is 4.74 Å². The van der Waals surface area contributed by atoms with E-state index < -0.39 is 12.1 Å². The second-order valence-corrected chi connectivity index (χ2v) is 6.78. The summed E-state index contributed by atoms with van der Waals surface area (Å²) in [6.07, 6.45) is 1.61. The molecule has 0 bridgehead atoms. The van der Waals surface area contributed by atoms with Gasteiger partial charge in [0.25, 0.3) is 5.91 Å². The molecular formula is C23H25N3O3. The van der Waals surface area contributed by atoms with E-state index in [0.717, 1.165) is 17.5 Å². The summed E-state index contributed by atoms with van der Waals surface area (Å²) in [5.74, 6) is -0.875. The quantitative estimate of drug-likeness (QED) is 0.595. The molecule has 0 fully saturated rings. The van der Waals surface area contributed by atoms with E-state index in [9.17, 15) is 9.59 Å². The van der Waals surface area contributed by atoms with Crippen LogP contribution in [0.15, 0.2) is 66.9 Å². The summed E-state index contributed by atoms with van der Waals surface area (Å²) in [7, 11) is 0. The van der Waals surface area contributed by atoms with Crippen LogP contribution < -0.4 is 5.32 Å². The summed E-state index contributed by atoms with van der Waals surface area (Å²) in [6.45, 7) is 4.61. The van der Waals surface area contributed by atoms with Gasteiger partial charge in [0.15, 0.2) is 6.10 Å². The van der Waals surface area contributed by atoms with Crippen molar-refractivity contribution in [3.8, 4) is 11.3 Å². The van der Waals surface area contributed by atoms with Gasteiger partial charge in [-0.3, -0.25) is 9.48 Å². The van der Waals surface area contributed by atoms with Crippen molar-refractivity contribution in [3.05, 3.63) is 78.0 Å². The number of esters is 1. The first kappa shape index (κ1) is 20.3. The molecule has 0 saturated heterocycles. The van der Waals surface area contributed by atoms with E-state index >= 15 is 0 Å². The predicted octanol–water partition coefficient (Wildman–Crippen LogP) is 3.67. The zero-order chi connectivity index (χ0) is 20.6. The Balaban J connectivity index is 1.85. The van der Waals surface area contributed by atoms with Gasteiger partial charge in [-0.1, -0.05) is 67.6 Å². The number of aromatic nitrogens is 2. The lowest BCUT2D eigenvalue weighted by molar-refractivity contribution is -0.129. The highest BCUT2D eigenvalue weighted by Crippen LogP contribution is 2.23. The highest BCUT2D eigenvalue weighted by Gasteiger charge is 2.24. The van der Waals surface area contributed by atoms with Crippen LogP contribution in [0, 0.1) is 0 Å². The van der Waals surface area contributed by atoms with Crippen molar-refractivity contribution in [1.29, 1.82) is 0 Å². The largest absolute Gasteiger partial charge is 0.449 e. The number of nitrogens with one attached hydrogen (secondary N) is 1. The van der Waals surface area contributed by atoms with Crippen LogP contribution in [-0.2, 0) is 16.1 Å². The number of carbonyl (C=O) groups excluding carboxylic acids is 2. The Bertz CT molecular complexity index is 952. The van der Waals surface area contributed by atoms with Gasteiger partial charge in [-0.25, -0.2) is 4.79 Å². The van der Waals surface area contributed by atoms with Crippen LogP contribution in [0.3, 0.4) is 0 Å². The molecule has 0 radical (unpaired) electrons. The van der Waals surface area contributed by atoms with Gasteiger partial charge >= 0.3 is 5.97 Å². The Morgan fingerprint density at radius 2 is 1.72 bits per heavy atom. The van der Waals surface area contributed by atoms with Crippen molar-refractivity contribution in [1.82, 2.24) is 15.1 Å². The third-order valence-electron chi connectivity index (χ3n) is 4.42. The summed E-state index contributed by atoms with van der Waals surface area (Å²) >= 11 is 0. The van der Waals surface area contributed by atoms with E-state index in [0.29, 0.717) is 24.3 Å². The normalized spacial score (nSPS) is 11.7. The number of benzene rings is 2. The lowest BCUT2D eigenvalue weighted by Gasteiger charge is -2.13. The van der Waals surface area contributed by atoms with Gasteiger partial charge in [0.1, 0.15) is 11.3 Å². The number of rotatable bonds is 8. The highest BCUT2D eigenvalue weighted by molar-refractivity contribution is 5.97. The Labute approximate surface area is 170 Å². The predicted molar refractivity (Wildman–Crippen MR) is 111 cm³/mol. The zero-order valence-corrected chi connectivity index (χ0v) is 16.7. The molecule has 6 nitrogen and oxygen atoms in total. The molecule has 1 atom stereocenters. The van der Waals surface area contributed by atoms with Crippen molar-refractivity contribution in [2.45, 2.75) is 32.9 Å². The summed E-state index contributed by atoms with van der Waals surface area (Å²) in [4.78, 5) is 24.9. The first-order valence-electron chi connectivity index (χ1n) is 9.74. The molecule has 0 aliphatic heterocycles. The minimum absolute atomic E-state index is 0.307. The van der Waals surface area contributed by atoms with Gasteiger partial charge in [0.05, 0.1) is 6.54 Å². The molecular weight excluding hydrogens is 366 g/mol. The van der Waals surface area contributed by atoms with Gasteiger partial charge in [-0.2, -0.15) is 5.10 Å². The molecule has 0 spiro atoms. The molecule has 1 aromatic heterocycles. The lowest BCUT2D eigenvalue weighted by atomic mass is 10.1. The van der Waals surface area contributed by atoms with Crippen LogP contribution in [0.2, 0.25) is 0 Å². The fourth-order valence-corrected chi connectivity index (χ4v) is 2.90. The number of nitrogens with zero attached hydrogens (tertiary/aromatic N) is 2. The average Bonchev–Trinajstić information content (AvgIpc) is 3.17. The van der Waals surface area contributed by atoms with Crippen LogP contribution in [0.5, 0.6) is 0 Å². The molecule has 3 aromatic rings. The van der Waals surface area contributed by atoms with Gasteiger partial charge in [-0.05, 0) is 18.9 Å². The average molecular weight is 391 g/mol. The van der Waals surface area contributed by atoms with Crippen molar-refractivity contribution in [3.63, 3.8) is 0 Å². The molecule has 0 aliphatic rings. The molecule has 3 rings (SSSR count). The minimum Gasteiger partial charge on any atom is -0.449 e. The fraction of sp³-hybridized carbons (Fsp3) is 0.261. The fourth-order valence-electron chi connectivity index (χ4n) is 2.90. The molecule has 6 heteroatoms. The Morgan fingerprint density at radius 3 is 2.38 bits per heavy atom. The number of amides is 1. The smallest absolute Gasteiger partial charge is 0.342 e. The summed E-state index contributed by atoms with van der Waals surface area (Å²) in [5.41, 5.74) is 2.76. The van der Waals surface area contributed by atoms with Gasteiger partial charge in [0, 0.05) is 18.3 Å². The monoisotopic (exact) mass is 391 g/mol. The van der Waals surface area contributed by atoms with Crippen LogP contribution in [-0.4, -0.2) is 34.3 Å². The topological polar surface area (TPSA) is 73.2 Å². The second kappa shape index (κ2) is 9.68. The molecule has 29 heavy (non-hydrogen) atoms. The van der Waals surface area contributed by atoms with Crippen molar-refractivity contribution in [2.24, 2.45) is 0 Å². The number of ether oxygens (including phenoxy) is 1. The maximum absolute atomic E-state index is 12.8. The third kappa shape index (κ3) is 5.31. The van der Waals surface area contributed by atoms with Crippen molar-refractivity contribution < 1.29 is 14.3 Å². The number of carbonyl (C=O) groups is 2. The van der Waals surface area contributed by atoms with Crippen LogP contribution >= 0.6 is 0 Å². The zero-order valence-electron chi connectivity index (χ0n) is 16.7. The first-order valence-corrected chi connectivity index (χ1v) is 9.74. The maximum Gasteiger partial charge on any atom is 0.342 e. The van der Waals surface area contributed by atoms with E-state index in [1.165, 1.54) is 0 Å². The van der Waals surface area contributed by atoms with Crippen molar-refractivity contribution in [2.75, 3.05) is 6.54 Å². The maximum atomic E-state index is 12.8. The molecule has 150 valence electrons. The van der Waals surface area contributed by atoms with E-state index in [1.54, 1.807) is 17.8 Å². The Morgan fingerprint density at radius 1 is 1.07 bits per heavy atom. The van der Waals surface area contributed by atoms with Gasteiger partial charge in [-0.15, -0.1) is 0 Å². The molecule has 0 aliphatic carbocycles. The van der Waals surface area contributed by atoms with Gasteiger partial charge in [0.2, 0.25) is 0 Å². The number of hydrogen-bond donors (Lipinski definition) is 1. The molecule has 0 unspecified atom stereocenters. The minimum atomic E-state index is -0.879. The van der Waals surface area contributed by atoms with Crippen LogP contribution in [0.1, 0.15) is 36.2 Å². The second-order valence-electron chi connectivity index (χ2n) is 6.78. The molecule has 1 amide bonds. The summed E-state index contributed by atoms with van der Waals surface area (Å²) in [6, 6.07) is 19.4. The molecule has 1 N–H and O–H groups in total. The Hall–Kier alpha value is -3.41. The van der Waals surface area contributed by atoms with E-state index in [-0.39, 0.29) is 5.91 Å². The molecule has 1 heterocycles. The Kier molecular flexibility index (Phi) is 6.79. The number of hydrogen-bond acceptors (Lipinski definition) is 4. The SMILES string of the molecule is CCCNC(=O)[C@@H](C)OC(=O)c1cn(Cc2ccccc2)nc1-c1ccccc1. The van der Waals surface area contributed by atoms with Crippen LogP contribution in [0.4, 0.5) is 0 Å². The van der Waals surface area contributed by atoms with Crippen LogP contribution in [0.25, 0.3) is 11.3 Å². The van der Waals surface area contributed by atoms with E-state index in [2.05, 4.69) is 10.4 Å². The van der Waals surface area contributed by atoms with Gasteiger partial charge < -0.3 is 10.1 Å². The summed E-state index contributed by atoms with van der Waals surface area (Å²) < 4.78 is 7.13.